The molecule has 1 aromatic carbocycles. The van der Waals surface area contributed by atoms with Crippen LogP contribution in [0.5, 0.6) is 0 Å². The van der Waals surface area contributed by atoms with E-state index < -0.39 is 18.5 Å². The van der Waals surface area contributed by atoms with Gasteiger partial charge in [-0.3, -0.25) is 24.3 Å². The van der Waals surface area contributed by atoms with Gasteiger partial charge in [0.05, 0.1) is 16.8 Å². The van der Waals surface area contributed by atoms with Gasteiger partial charge in [-0.2, -0.15) is 0 Å². The van der Waals surface area contributed by atoms with E-state index in [9.17, 15) is 19.2 Å². The highest BCUT2D eigenvalue weighted by molar-refractivity contribution is 8.14. The maximum Gasteiger partial charge on any atom is 0.339 e. The summed E-state index contributed by atoms with van der Waals surface area (Å²) >= 11 is 0.945. The number of benzene rings is 1. The van der Waals surface area contributed by atoms with Crippen molar-refractivity contribution in [1.82, 2.24) is 15.2 Å². The molecule has 4 rings (SSSR count). The predicted molar refractivity (Wildman–Crippen MR) is 107 cm³/mol. The molecular weight excluding hydrogens is 394 g/mol. The van der Waals surface area contributed by atoms with Crippen LogP contribution in [0.4, 0.5) is 4.79 Å². The molecule has 0 spiro atoms. The van der Waals surface area contributed by atoms with Crippen LogP contribution in [-0.4, -0.2) is 58.4 Å². The van der Waals surface area contributed by atoms with Gasteiger partial charge in [0, 0.05) is 24.2 Å². The molecule has 1 saturated heterocycles. The first-order valence-corrected chi connectivity index (χ1v) is 10.3. The molecule has 150 valence electrons. The Labute approximate surface area is 171 Å². The molecule has 1 N–H and O–H groups in total. The Balaban J connectivity index is 1.37. The highest BCUT2D eigenvalue weighted by atomic mass is 32.2. The molecule has 2 aliphatic rings. The normalized spacial score (nSPS) is 15.7. The second-order valence-corrected chi connectivity index (χ2v) is 7.74. The zero-order valence-electron chi connectivity index (χ0n) is 15.6. The summed E-state index contributed by atoms with van der Waals surface area (Å²) in [7, 11) is 0. The summed E-state index contributed by atoms with van der Waals surface area (Å²) in [6, 6.07) is 7.40. The Morgan fingerprint density at radius 1 is 1.21 bits per heavy atom. The van der Waals surface area contributed by atoms with Crippen molar-refractivity contribution in [3.63, 3.8) is 0 Å². The fourth-order valence-electron chi connectivity index (χ4n) is 3.60. The van der Waals surface area contributed by atoms with Crippen molar-refractivity contribution in [2.45, 2.75) is 19.3 Å². The number of aromatic nitrogens is 1. The molecule has 0 atom stereocenters. The van der Waals surface area contributed by atoms with Crippen LogP contribution in [-0.2, 0) is 27.2 Å². The number of thioether (sulfide) groups is 1. The number of nitrogens with zero attached hydrogens (tertiary/aromatic N) is 2. The Kier molecular flexibility index (Phi) is 5.48. The molecular formula is C20H19N3O5S. The van der Waals surface area contributed by atoms with Crippen LogP contribution in [0.1, 0.15) is 28.0 Å². The lowest BCUT2D eigenvalue weighted by Crippen LogP contribution is -2.38. The number of carbonyl (C=O) groups is 4. The Morgan fingerprint density at radius 2 is 2.03 bits per heavy atom. The molecule has 29 heavy (non-hydrogen) atoms. The number of aryl methyl sites for hydroxylation is 1. The van der Waals surface area contributed by atoms with Crippen LogP contribution < -0.4 is 5.32 Å². The summed E-state index contributed by atoms with van der Waals surface area (Å²) in [6.45, 7) is -0.213. The Bertz CT molecular complexity index is 1010. The number of ether oxygens (including phenoxy) is 1. The number of fused-ring (bicyclic) bond motifs is 2. The van der Waals surface area contributed by atoms with Gasteiger partial charge in [0.25, 0.3) is 11.1 Å². The minimum atomic E-state index is -0.543. The van der Waals surface area contributed by atoms with Crippen LogP contribution >= 0.6 is 11.8 Å². The highest BCUT2D eigenvalue weighted by Crippen LogP contribution is 2.30. The molecule has 1 fully saturated rings. The van der Waals surface area contributed by atoms with Crippen molar-refractivity contribution in [3.8, 4) is 0 Å². The molecule has 1 aliphatic heterocycles. The summed E-state index contributed by atoms with van der Waals surface area (Å²) in [5, 5.41) is 2.98. The monoisotopic (exact) mass is 413 g/mol. The summed E-state index contributed by atoms with van der Waals surface area (Å²) in [5.41, 5.74) is 3.04. The third kappa shape index (κ3) is 3.95. The summed E-state index contributed by atoms with van der Waals surface area (Å²) in [5.74, 6) is -1.16. The standard InChI is InChI=1S/C20H19N3O5S/c24-16(21-8-9-23-17(25)11-29-20(23)27)10-28-19(26)18-12-4-1-2-6-14(12)22-15-7-3-5-13(15)18/h1-2,4,6H,3,5,7-11H2,(H,21,24). The van der Waals surface area contributed by atoms with Crippen LogP contribution in [0.15, 0.2) is 24.3 Å². The van der Waals surface area contributed by atoms with Gasteiger partial charge < -0.3 is 10.1 Å². The predicted octanol–water partition coefficient (Wildman–Crippen LogP) is 1.69. The van der Waals surface area contributed by atoms with Gasteiger partial charge in [0.2, 0.25) is 5.91 Å². The average Bonchev–Trinajstić information content (AvgIpc) is 3.31. The first-order valence-electron chi connectivity index (χ1n) is 9.36. The van der Waals surface area contributed by atoms with E-state index in [0.29, 0.717) is 5.56 Å². The van der Waals surface area contributed by atoms with Gasteiger partial charge in [0.15, 0.2) is 6.61 Å². The van der Waals surface area contributed by atoms with Gasteiger partial charge in [0.1, 0.15) is 0 Å². The van der Waals surface area contributed by atoms with E-state index in [1.807, 2.05) is 24.3 Å². The number of esters is 1. The number of hydrogen-bond acceptors (Lipinski definition) is 7. The number of hydrogen-bond donors (Lipinski definition) is 1. The van der Waals surface area contributed by atoms with E-state index in [4.69, 9.17) is 4.74 Å². The molecule has 3 amide bonds. The van der Waals surface area contributed by atoms with Crippen molar-refractivity contribution in [2.75, 3.05) is 25.4 Å². The SMILES string of the molecule is O=C(COC(=O)c1c2c(nc3ccccc13)CCC2)NCCN1C(=O)CSC1=O. The van der Waals surface area contributed by atoms with Crippen molar-refractivity contribution >= 4 is 45.7 Å². The molecule has 0 unspecified atom stereocenters. The molecule has 0 saturated carbocycles. The van der Waals surface area contributed by atoms with E-state index in [1.165, 1.54) is 0 Å². The zero-order chi connectivity index (χ0) is 20.4. The third-order valence-corrected chi connectivity index (χ3v) is 5.81. The fraction of sp³-hybridized carbons (Fsp3) is 0.350. The lowest BCUT2D eigenvalue weighted by molar-refractivity contribution is -0.126. The van der Waals surface area contributed by atoms with Crippen LogP contribution in [0.3, 0.4) is 0 Å². The number of para-hydroxylation sites is 1. The largest absolute Gasteiger partial charge is 0.452 e. The van der Waals surface area contributed by atoms with Gasteiger partial charge >= 0.3 is 5.97 Å². The second-order valence-electron chi connectivity index (χ2n) is 6.81. The van der Waals surface area contributed by atoms with Gasteiger partial charge in [-0.25, -0.2) is 4.79 Å². The first kappa shape index (κ1) is 19.4. The summed E-state index contributed by atoms with van der Waals surface area (Å²) in [6.07, 6.45) is 2.53. The molecule has 8 nitrogen and oxygen atoms in total. The second kappa shape index (κ2) is 8.20. The maximum absolute atomic E-state index is 12.8. The van der Waals surface area contributed by atoms with Crippen molar-refractivity contribution in [1.29, 1.82) is 0 Å². The number of nitrogens with one attached hydrogen (secondary N) is 1. The lowest BCUT2D eigenvalue weighted by Gasteiger charge is -2.14. The van der Waals surface area contributed by atoms with Crippen LogP contribution in [0.25, 0.3) is 10.9 Å². The van der Waals surface area contributed by atoms with E-state index in [0.717, 1.165) is 58.1 Å². The zero-order valence-corrected chi connectivity index (χ0v) is 16.4. The molecule has 1 aromatic heterocycles. The van der Waals surface area contributed by atoms with E-state index in [2.05, 4.69) is 10.3 Å². The molecule has 0 radical (unpaired) electrons. The Hall–Kier alpha value is -2.94. The minimum Gasteiger partial charge on any atom is -0.452 e. The van der Waals surface area contributed by atoms with E-state index in [1.54, 1.807) is 0 Å². The first-order chi connectivity index (χ1) is 14.0. The number of amides is 3. The molecule has 2 aromatic rings. The molecule has 2 heterocycles. The number of pyridine rings is 1. The number of rotatable bonds is 6. The third-order valence-electron chi connectivity index (χ3n) is 4.96. The molecule has 0 bridgehead atoms. The van der Waals surface area contributed by atoms with Crippen LogP contribution in [0, 0.1) is 0 Å². The minimum absolute atomic E-state index is 0.104. The summed E-state index contributed by atoms with van der Waals surface area (Å²) in [4.78, 5) is 53.6. The highest BCUT2D eigenvalue weighted by Gasteiger charge is 2.29. The van der Waals surface area contributed by atoms with Crippen molar-refractivity contribution in [3.05, 3.63) is 41.1 Å². The average molecular weight is 413 g/mol. The topological polar surface area (TPSA) is 106 Å². The van der Waals surface area contributed by atoms with Crippen molar-refractivity contribution in [2.24, 2.45) is 0 Å². The van der Waals surface area contributed by atoms with Gasteiger partial charge in [-0.1, -0.05) is 30.0 Å². The Morgan fingerprint density at radius 3 is 2.83 bits per heavy atom. The fourth-order valence-corrected chi connectivity index (χ4v) is 4.35. The molecule has 9 heteroatoms. The van der Waals surface area contributed by atoms with Gasteiger partial charge in [-0.15, -0.1) is 0 Å². The number of imide groups is 1. The quantitative estimate of drug-likeness (QED) is 0.719. The van der Waals surface area contributed by atoms with Gasteiger partial charge in [-0.05, 0) is 30.9 Å². The number of carbonyl (C=O) groups excluding carboxylic acids is 4. The van der Waals surface area contributed by atoms with Crippen molar-refractivity contribution < 1.29 is 23.9 Å². The molecule has 1 aliphatic carbocycles. The van der Waals surface area contributed by atoms with E-state index >= 15 is 0 Å². The smallest absolute Gasteiger partial charge is 0.339 e. The lowest BCUT2D eigenvalue weighted by atomic mass is 10.0. The van der Waals surface area contributed by atoms with E-state index in [-0.39, 0.29) is 30.0 Å². The van der Waals surface area contributed by atoms with Crippen LogP contribution in [0.2, 0.25) is 0 Å². The summed E-state index contributed by atoms with van der Waals surface area (Å²) < 4.78 is 5.26. The maximum atomic E-state index is 12.8.